The number of ketones is 1. The Hall–Kier alpha value is -2.28. The van der Waals surface area contributed by atoms with Gasteiger partial charge in [-0.3, -0.25) is 19.2 Å². The smallest absolute Gasteiger partial charge is 0.309 e. The average Bonchev–Trinajstić information content (AvgIpc) is 3.31. The van der Waals surface area contributed by atoms with E-state index in [9.17, 15) is 44.7 Å². The summed E-state index contributed by atoms with van der Waals surface area (Å²) in [5, 5.41) is 55.9. The van der Waals surface area contributed by atoms with Crippen molar-refractivity contribution in [2.24, 2.45) is 23.7 Å². The molecule has 15 atom stereocenters. The number of esters is 2. The molecule has 0 aliphatic carbocycles. The molecule has 0 aromatic heterocycles. The summed E-state index contributed by atoms with van der Waals surface area (Å²) < 4.78 is 36.9. The van der Waals surface area contributed by atoms with Crippen LogP contribution in [0.15, 0.2) is 0 Å². The summed E-state index contributed by atoms with van der Waals surface area (Å²) in [5.41, 5.74) is 0. The number of ether oxygens (including phenoxy) is 6. The monoisotopic (exact) mass is 1000 g/mol. The van der Waals surface area contributed by atoms with Crippen molar-refractivity contribution < 1.29 is 73.1 Å². The van der Waals surface area contributed by atoms with Crippen LogP contribution >= 0.6 is 0 Å². The molecule has 2 rings (SSSR count). The zero-order chi connectivity index (χ0) is 52.2. The second-order valence-electron chi connectivity index (χ2n) is 21.1. The Kier molecular flexibility index (Phi) is 32.6. The van der Waals surface area contributed by atoms with Gasteiger partial charge in [0.25, 0.3) is 0 Å². The molecule has 70 heavy (non-hydrogen) atoms. The molecule has 2 aliphatic rings. The Bertz CT molecular complexity index is 1440. The van der Waals surface area contributed by atoms with Crippen LogP contribution < -0.4 is 5.32 Å². The molecule has 6 N–H and O–H groups in total. The highest BCUT2D eigenvalue weighted by Crippen LogP contribution is 2.35. The highest BCUT2D eigenvalue weighted by Gasteiger charge is 2.48. The molecule has 15 unspecified atom stereocenters. The highest BCUT2D eigenvalue weighted by atomic mass is 16.7. The molecule has 16 nitrogen and oxygen atoms in total. The summed E-state index contributed by atoms with van der Waals surface area (Å²) in [4.78, 5) is 54.3. The molecule has 0 radical (unpaired) electrons. The van der Waals surface area contributed by atoms with Gasteiger partial charge in [-0.2, -0.15) is 0 Å². The van der Waals surface area contributed by atoms with Crippen LogP contribution in [0.3, 0.4) is 0 Å². The van der Waals surface area contributed by atoms with Crippen molar-refractivity contribution in [3.05, 3.63) is 0 Å². The van der Waals surface area contributed by atoms with Crippen LogP contribution in [0.1, 0.15) is 210 Å². The number of hydrogen-bond donors (Lipinski definition) is 6. The van der Waals surface area contributed by atoms with Crippen LogP contribution in [0, 0.1) is 23.7 Å². The van der Waals surface area contributed by atoms with E-state index in [4.69, 9.17) is 28.4 Å². The van der Waals surface area contributed by atoms with E-state index in [0.29, 0.717) is 32.1 Å². The van der Waals surface area contributed by atoms with Crippen LogP contribution in [-0.4, -0.2) is 136 Å². The zero-order valence-corrected chi connectivity index (χ0v) is 44.7. The second-order valence-corrected chi connectivity index (χ2v) is 21.1. The maximum absolute atomic E-state index is 14.0. The van der Waals surface area contributed by atoms with E-state index in [2.05, 4.69) is 26.1 Å². The van der Waals surface area contributed by atoms with Gasteiger partial charge in [-0.15, -0.1) is 0 Å². The van der Waals surface area contributed by atoms with E-state index in [-0.39, 0.29) is 55.8 Å². The van der Waals surface area contributed by atoms with E-state index in [1.54, 1.807) is 13.8 Å². The number of amides is 1. The lowest BCUT2D eigenvalue weighted by Crippen LogP contribution is -2.60. The topological polar surface area (TPSA) is 237 Å². The lowest BCUT2D eigenvalue weighted by molar-refractivity contribution is -0.346. The van der Waals surface area contributed by atoms with E-state index in [0.717, 1.165) is 89.9 Å². The first-order valence-corrected chi connectivity index (χ1v) is 27.5. The second kappa shape index (κ2) is 35.8. The van der Waals surface area contributed by atoms with E-state index >= 15 is 0 Å². The summed E-state index contributed by atoms with van der Waals surface area (Å²) in [6, 6.07) is -0.501. The third-order valence-electron chi connectivity index (χ3n) is 14.2. The number of rotatable bonds is 38. The normalized spacial score (nSPS) is 27.1. The summed E-state index contributed by atoms with van der Waals surface area (Å²) in [5.74, 6) is -3.51. The minimum atomic E-state index is -1.33. The Morgan fingerprint density at radius 3 is 1.53 bits per heavy atom. The fourth-order valence-electron chi connectivity index (χ4n) is 9.40. The van der Waals surface area contributed by atoms with Gasteiger partial charge in [0.15, 0.2) is 12.6 Å². The molecule has 2 aliphatic heterocycles. The van der Waals surface area contributed by atoms with Crippen molar-refractivity contribution in [1.29, 1.82) is 0 Å². The SMILES string of the molecule is CCCCCCCC(CC(=O)CC(CO)C(=O)NC(CO)CC(C)C)OC(=O)CC(CCCCCCC)OC(=O)CC(CCCCCCC)OC1OC(C)C(C)C(OC2OC(C)C(C)C(O)C2O)C1O. The molecule has 2 heterocycles. The van der Waals surface area contributed by atoms with Gasteiger partial charge in [0.1, 0.15) is 30.2 Å². The quantitative estimate of drug-likeness (QED) is 0.0256. The zero-order valence-electron chi connectivity index (χ0n) is 44.7. The molecular formula is C54H99NO15. The fourth-order valence-corrected chi connectivity index (χ4v) is 9.40. The standard InChI is InChI=1S/C54H99NO15/c1-10-13-16-19-22-25-43(30-42(58)29-40(33-56)52(64)55-41(34-57)28-35(4)5)67-46(59)31-44(26-23-20-17-14-11-2)68-47(60)32-45(27-24-21-18-15-12-3)69-54-50(63)51(37(7)39(9)66-54)70-53-49(62)48(61)36(6)38(8)65-53/h35-41,43-45,48-51,53-54,56-57,61-63H,10-34H2,1-9H3,(H,55,64). The van der Waals surface area contributed by atoms with Crippen molar-refractivity contribution in [2.75, 3.05) is 13.2 Å². The van der Waals surface area contributed by atoms with Crippen molar-refractivity contribution in [3.8, 4) is 0 Å². The van der Waals surface area contributed by atoms with Gasteiger partial charge in [0, 0.05) is 24.7 Å². The number of Topliss-reactive ketones (excluding diaryl/α,β-unsaturated/α-hetero) is 1. The minimum absolute atomic E-state index is 0.135. The van der Waals surface area contributed by atoms with Crippen LogP contribution in [0.5, 0.6) is 0 Å². The fraction of sp³-hybridized carbons (Fsp3) is 0.926. The Labute approximate surface area is 421 Å². The molecule has 0 aromatic rings. The predicted molar refractivity (Wildman–Crippen MR) is 267 cm³/mol. The molecule has 2 fully saturated rings. The van der Waals surface area contributed by atoms with Crippen LogP contribution in [0.25, 0.3) is 0 Å². The molecule has 1 amide bonds. The Morgan fingerprint density at radius 2 is 1.03 bits per heavy atom. The van der Waals surface area contributed by atoms with Crippen LogP contribution in [0.2, 0.25) is 0 Å². The third-order valence-corrected chi connectivity index (χ3v) is 14.2. The van der Waals surface area contributed by atoms with Crippen LogP contribution in [0.4, 0.5) is 0 Å². The first-order chi connectivity index (χ1) is 33.4. The summed E-state index contributed by atoms with van der Waals surface area (Å²) >= 11 is 0. The lowest BCUT2D eigenvalue weighted by Gasteiger charge is -2.47. The van der Waals surface area contributed by atoms with Gasteiger partial charge in [-0.05, 0) is 58.3 Å². The van der Waals surface area contributed by atoms with Crippen molar-refractivity contribution in [3.63, 3.8) is 0 Å². The Balaban J connectivity index is 2.25. The van der Waals surface area contributed by atoms with Gasteiger partial charge in [-0.1, -0.05) is 132 Å². The lowest BCUT2D eigenvalue weighted by atomic mass is 9.89. The molecule has 0 saturated carbocycles. The number of carbonyl (C=O) groups is 4. The molecule has 0 bridgehead atoms. The van der Waals surface area contributed by atoms with Gasteiger partial charge in [-0.25, -0.2) is 0 Å². The largest absolute Gasteiger partial charge is 0.462 e. The van der Waals surface area contributed by atoms with E-state index in [1.807, 2.05) is 27.7 Å². The van der Waals surface area contributed by atoms with Crippen molar-refractivity contribution >= 4 is 23.6 Å². The summed E-state index contributed by atoms with van der Waals surface area (Å²) in [6.45, 7) is 16.8. The van der Waals surface area contributed by atoms with E-state index in [1.165, 1.54) is 0 Å². The molecule has 16 heteroatoms. The van der Waals surface area contributed by atoms with E-state index < -0.39 is 104 Å². The number of hydrogen-bond acceptors (Lipinski definition) is 15. The molecule has 0 aromatic carbocycles. The van der Waals surface area contributed by atoms with Crippen LogP contribution in [-0.2, 0) is 47.6 Å². The first-order valence-electron chi connectivity index (χ1n) is 27.5. The third kappa shape index (κ3) is 24.2. The number of nitrogens with one attached hydrogen (secondary N) is 1. The predicted octanol–water partition coefficient (Wildman–Crippen LogP) is 7.77. The molecular weight excluding hydrogens is 903 g/mol. The van der Waals surface area contributed by atoms with Crippen molar-refractivity contribution in [1.82, 2.24) is 5.32 Å². The maximum Gasteiger partial charge on any atom is 0.309 e. The van der Waals surface area contributed by atoms with Crippen molar-refractivity contribution in [2.45, 2.75) is 284 Å². The molecule has 2 saturated heterocycles. The first kappa shape index (κ1) is 63.8. The Morgan fingerprint density at radius 1 is 0.557 bits per heavy atom. The van der Waals surface area contributed by atoms with Gasteiger partial charge < -0.3 is 59.3 Å². The van der Waals surface area contributed by atoms with Gasteiger partial charge in [0.05, 0.1) is 68.5 Å². The molecule has 410 valence electrons. The van der Waals surface area contributed by atoms with Gasteiger partial charge >= 0.3 is 11.9 Å². The number of carbonyl (C=O) groups excluding carboxylic acids is 4. The molecule has 0 spiro atoms. The minimum Gasteiger partial charge on any atom is -0.462 e. The number of unbranched alkanes of at least 4 members (excludes halogenated alkanes) is 12. The number of aliphatic hydroxyl groups excluding tert-OH is 5. The summed E-state index contributed by atoms with van der Waals surface area (Å²) in [6.07, 6.45) is 5.17. The summed E-state index contributed by atoms with van der Waals surface area (Å²) in [7, 11) is 0. The number of aliphatic hydroxyl groups is 5. The van der Waals surface area contributed by atoms with Gasteiger partial charge in [0.2, 0.25) is 5.91 Å². The highest BCUT2D eigenvalue weighted by molar-refractivity contribution is 5.87. The average molecular weight is 1000 g/mol. The maximum atomic E-state index is 14.0.